The first kappa shape index (κ1) is 41.8. The number of aryl methyl sites for hydroxylation is 1. The highest BCUT2D eigenvalue weighted by molar-refractivity contribution is 6.04. The zero-order valence-electron chi connectivity index (χ0n) is 32.9. The van der Waals surface area contributed by atoms with E-state index in [4.69, 9.17) is 14.9 Å². The number of aromatic nitrogens is 3. The van der Waals surface area contributed by atoms with Crippen LogP contribution in [0.15, 0.2) is 35.6 Å². The van der Waals surface area contributed by atoms with E-state index in [1.807, 2.05) is 31.4 Å². The Labute approximate surface area is 311 Å². The van der Waals surface area contributed by atoms with Crippen LogP contribution in [0.4, 0.5) is 21.2 Å². The van der Waals surface area contributed by atoms with Crippen LogP contribution in [0, 0.1) is 36.0 Å². The molecular formula is C38H52N9O6+. The van der Waals surface area contributed by atoms with Gasteiger partial charge in [0.15, 0.2) is 11.6 Å². The number of Topliss-reactive ketones (excluding diaryl/α,β-unsaturated/α-hetero) is 1. The molecule has 2 aromatic rings. The normalized spacial score (nSPS) is 16.1. The zero-order chi connectivity index (χ0) is 40.0. The number of hydrogen-bond acceptors (Lipinski definition) is 11. The molecule has 1 aliphatic rings. The van der Waals surface area contributed by atoms with Gasteiger partial charge in [-0.3, -0.25) is 19.9 Å². The van der Waals surface area contributed by atoms with Crippen LogP contribution in [0.1, 0.15) is 84.2 Å². The Balaban J connectivity index is 2.18. The van der Waals surface area contributed by atoms with Gasteiger partial charge in [-0.2, -0.15) is 0 Å². The summed E-state index contributed by atoms with van der Waals surface area (Å²) in [7, 11) is 4.83. The van der Waals surface area contributed by atoms with E-state index in [0.717, 1.165) is 16.3 Å². The van der Waals surface area contributed by atoms with Crippen molar-refractivity contribution in [2.24, 2.45) is 11.8 Å². The van der Waals surface area contributed by atoms with Crippen molar-refractivity contribution in [3.63, 3.8) is 0 Å². The first-order valence-corrected chi connectivity index (χ1v) is 17.2. The Hall–Kier alpha value is -5.62. The van der Waals surface area contributed by atoms with Crippen molar-refractivity contribution in [3.8, 4) is 23.1 Å². The Bertz CT molecular complexity index is 1900. The van der Waals surface area contributed by atoms with Gasteiger partial charge < -0.3 is 25.5 Å². The molecule has 15 nitrogen and oxygen atoms in total. The largest absolute Gasteiger partial charge is 0.444 e. The lowest BCUT2D eigenvalue weighted by Crippen LogP contribution is -2.79. The van der Waals surface area contributed by atoms with E-state index < -0.39 is 41.1 Å². The van der Waals surface area contributed by atoms with Gasteiger partial charge in [0.05, 0.1) is 24.2 Å². The molecule has 2 heterocycles. The third-order valence-corrected chi connectivity index (χ3v) is 8.02. The van der Waals surface area contributed by atoms with Crippen LogP contribution in [-0.2, 0) is 14.3 Å². The molecule has 284 valence electrons. The molecule has 1 aliphatic carbocycles. The molecule has 0 aliphatic heterocycles. The Kier molecular flexibility index (Phi) is 13.3. The maximum Gasteiger partial charge on any atom is 0.428 e. The second kappa shape index (κ2) is 16.8. The van der Waals surface area contributed by atoms with Crippen LogP contribution < -0.4 is 16.1 Å². The average Bonchev–Trinajstić information content (AvgIpc) is 3.04. The van der Waals surface area contributed by atoms with Gasteiger partial charge in [-0.05, 0) is 92.5 Å². The zero-order valence-corrected chi connectivity index (χ0v) is 32.9. The van der Waals surface area contributed by atoms with Gasteiger partial charge in [0.2, 0.25) is 5.91 Å². The summed E-state index contributed by atoms with van der Waals surface area (Å²) in [6.45, 7) is 16.9. The molecule has 2 aromatic heterocycles. The summed E-state index contributed by atoms with van der Waals surface area (Å²) >= 11 is 0. The smallest absolute Gasteiger partial charge is 0.428 e. The fraction of sp³-hybridized carbons (Fsp3) is 0.474. The maximum absolute atomic E-state index is 13.5. The number of nitrogens with two attached hydrogens (primary N) is 1. The number of amides is 3. The number of pyridine rings is 1. The number of carbonyl (C=O) groups excluding carboxylic acids is 4. The number of anilines is 2. The van der Waals surface area contributed by atoms with Crippen molar-refractivity contribution in [3.05, 3.63) is 52.6 Å². The molecule has 0 spiro atoms. The Morgan fingerprint density at radius 2 is 1.60 bits per heavy atom. The molecule has 0 saturated carbocycles. The molecular weight excluding hydrogens is 678 g/mol. The maximum atomic E-state index is 13.5. The fourth-order valence-electron chi connectivity index (χ4n) is 5.18. The second-order valence-corrected chi connectivity index (χ2v) is 14.7. The Morgan fingerprint density at radius 3 is 2.17 bits per heavy atom. The van der Waals surface area contributed by atoms with Crippen LogP contribution in [0.5, 0.6) is 0 Å². The lowest BCUT2D eigenvalue weighted by atomic mass is 9.82. The van der Waals surface area contributed by atoms with Crippen molar-refractivity contribution in [1.82, 2.24) is 24.9 Å². The summed E-state index contributed by atoms with van der Waals surface area (Å²) < 4.78 is 10.9. The number of hydrogen-bond donors (Lipinski definition) is 4. The summed E-state index contributed by atoms with van der Waals surface area (Å²) in [6, 6.07) is 2.22. The van der Waals surface area contributed by atoms with Crippen molar-refractivity contribution in [2.45, 2.75) is 86.5 Å². The Morgan fingerprint density at radius 1 is 0.981 bits per heavy atom. The van der Waals surface area contributed by atoms with Crippen LogP contribution in [0.25, 0.3) is 11.3 Å². The minimum Gasteiger partial charge on any atom is -0.444 e. The highest BCUT2D eigenvalue weighted by atomic mass is 16.6. The molecule has 0 aromatic carbocycles. The van der Waals surface area contributed by atoms with Gasteiger partial charge in [0.25, 0.3) is 0 Å². The molecule has 0 bridgehead atoms. The molecule has 0 fully saturated rings. The molecule has 0 radical (unpaired) electrons. The van der Waals surface area contributed by atoms with Crippen molar-refractivity contribution in [1.29, 1.82) is 5.41 Å². The predicted molar refractivity (Wildman–Crippen MR) is 202 cm³/mol. The highest BCUT2D eigenvalue weighted by Gasteiger charge is 2.29. The summed E-state index contributed by atoms with van der Waals surface area (Å²) in [4.78, 5) is 67.1. The third kappa shape index (κ3) is 11.2. The predicted octanol–water partition coefficient (Wildman–Crippen LogP) is 4.71. The number of carbonyl (C=O) groups is 4. The van der Waals surface area contributed by atoms with Gasteiger partial charge in [-0.1, -0.05) is 12.8 Å². The molecule has 53 heavy (non-hydrogen) atoms. The number of nitrogens with zero attached hydrogens (tertiary/aromatic N) is 5. The van der Waals surface area contributed by atoms with Gasteiger partial charge >= 0.3 is 12.2 Å². The SMILES string of the molecule is C[NH2+]C1=CC=C(C#Cc2cc(-c3nc(C)nc(NN(C)C(=O)OC(C)(C)C)c3C(C)=O)cc(NC(=O)C(C)N(C)C(=O)OC(C)(C)C)n2)C(C)C1C=N. The topological polar surface area (TPSA) is 196 Å². The van der Waals surface area contributed by atoms with E-state index >= 15 is 0 Å². The second-order valence-electron chi connectivity index (χ2n) is 14.7. The van der Waals surface area contributed by atoms with Crippen LogP contribution in [-0.4, -0.2) is 93.3 Å². The van der Waals surface area contributed by atoms with Crippen LogP contribution >= 0.6 is 0 Å². The molecule has 5 N–H and O–H groups in total. The van der Waals surface area contributed by atoms with Gasteiger partial charge in [0, 0.05) is 37.4 Å². The fourth-order valence-corrected chi connectivity index (χ4v) is 5.18. The summed E-state index contributed by atoms with van der Waals surface area (Å²) in [5.74, 6) is 5.52. The van der Waals surface area contributed by atoms with Crippen LogP contribution in [0.2, 0.25) is 0 Å². The molecule has 0 saturated heterocycles. The van der Waals surface area contributed by atoms with E-state index in [1.165, 1.54) is 32.1 Å². The van der Waals surface area contributed by atoms with Crippen molar-refractivity contribution < 1.29 is 34.0 Å². The number of nitrogens with one attached hydrogen (secondary N) is 3. The van der Waals surface area contributed by atoms with Crippen LogP contribution in [0.3, 0.4) is 0 Å². The van der Waals surface area contributed by atoms with E-state index in [2.05, 4.69) is 37.5 Å². The number of allylic oxidation sites excluding steroid dienone is 4. The number of rotatable bonds is 9. The lowest BCUT2D eigenvalue weighted by Gasteiger charge is -2.28. The van der Waals surface area contributed by atoms with E-state index in [9.17, 15) is 19.2 Å². The first-order valence-electron chi connectivity index (χ1n) is 17.2. The minimum atomic E-state index is -0.958. The molecule has 3 amide bonds. The minimum absolute atomic E-state index is 0.0604. The van der Waals surface area contributed by atoms with Gasteiger partial charge in [0.1, 0.15) is 40.3 Å². The highest BCUT2D eigenvalue weighted by Crippen LogP contribution is 2.31. The lowest BCUT2D eigenvalue weighted by molar-refractivity contribution is -0.581. The van der Waals surface area contributed by atoms with Crippen molar-refractivity contribution in [2.75, 3.05) is 31.9 Å². The number of ketones is 1. The monoisotopic (exact) mass is 730 g/mol. The van der Waals surface area contributed by atoms with Gasteiger partial charge in [-0.15, -0.1) is 0 Å². The van der Waals surface area contributed by atoms with E-state index in [1.54, 1.807) is 67.5 Å². The summed E-state index contributed by atoms with van der Waals surface area (Å²) in [5.41, 5.74) is 4.02. The average molecular weight is 731 g/mol. The van der Waals surface area contributed by atoms with E-state index in [-0.39, 0.29) is 46.2 Å². The number of hydrazine groups is 1. The molecule has 3 rings (SSSR count). The molecule has 3 atom stereocenters. The van der Waals surface area contributed by atoms with E-state index in [0.29, 0.717) is 5.56 Å². The molecule has 15 heteroatoms. The standard InChI is InChI=1S/C38H51N9O6/c1-21-25(15-17-29(40-11)28(21)20-39)14-16-27-18-26(19-30(43-27)44-34(49)22(2)46(12)35(50)52-37(5,6)7)32-31(23(3)48)33(42-24(4)41-32)45-47(13)36(51)53-38(8,9)10/h15,17-22,28,39-40H,1-13H3,(H,41,42,45)(H,43,44,49)/p+1. The van der Waals surface area contributed by atoms with Crippen molar-refractivity contribution >= 4 is 41.7 Å². The number of ether oxygens (including phenoxy) is 2. The first-order chi connectivity index (χ1) is 24.5. The molecule has 3 unspecified atom stereocenters. The number of quaternary nitrogens is 1. The third-order valence-electron chi connectivity index (χ3n) is 8.02. The summed E-state index contributed by atoms with van der Waals surface area (Å²) in [6.07, 6.45) is 3.87. The van der Waals surface area contributed by atoms with Gasteiger partial charge in [-0.25, -0.2) is 29.5 Å². The summed E-state index contributed by atoms with van der Waals surface area (Å²) in [5, 5.41) is 13.8. The quantitative estimate of drug-likeness (QED) is 0.121. The number of likely N-dealkylation sites (N-methyl/N-ethyl adjacent to an activating group) is 1.